The summed E-state index contributed by atoms with van der Waals surface area (Å²) in [5.41, 5.74) is 3.36. The normalized spacial score (nSPS) is 11.1. The van der Waals surface area contributed by atoms with Crippen molar-refractivity contribution in [2.75, 3.05) is 0 Å². The number of hydrogen-bond donors (Lipinski definition) is 2. The average molecular weight is 299 g/mol. The van der Waals surface area contributed by atoms with Gasteiger partial charge >= 0.3 is 0 Å². The standard InChI is InChI=1S/C16H17N3OS/c1-2-11-5-3-4-6-12(11)9-17-10-14-18-13-7-8-21-15(13)16(20)19-14/h3-8,17H,2,9-10H2,1H3,(H,18,19,20). The van der Waals surface area contributed by atoms with E-state index in [1.54, 1.807) is 0 Å². The van der Waals surface area contributed by atoms with Crippen LogP contribution in [-0.2, 0) is 19.5 Å². The number of rotatable bonds is 5. The van der Waals surface area contributed by atoms with Gasteiger partial charge in [0.25, 0.3) is 5.56 Å². The van der Waals surface area contributed by atoms with Crippen LogP contribution in [0.5, 0.6) is 0 Å². The van der Waals surface area contributed by atoms with E-state index in [9.17, 15) is 4.79 Å². The van der Waals surface area contributed by atoms with Crippen molar-refractivity contribution in [3.63, 3.8) is 0 Å². The Kier molecular flexibility index (Phi) is 4.13. The van der Waals surface area contributed by atoms with Gasteiger partial charge in [-0.1, -0.05) is 31.2 Å². The quantitative estimate of drug-likeness (QED) is 0.761. The van der Waals surface area contributed by atoms with E-state index in [1.807, 2.05) is 17.5 Å². The molecule has 2 N–H and O–H groups in total. The predicted molar refractivity (Wildman–Crippen MR) is 86.6 cm³/mol. The highest BCUT2D eigenvalue weighted by Gasteiger charge is 2.05. The SMILES string of the molecule is CCc1ccccc1CNCc1nc2ccsc2c(=O)[nH]1. The zero-order chi connectivity index (χ0) is 14.7. The van der Waals surface area contributed by atoms with Crippen molar-refractivity contribution in [3.8, 4) is 0 Å². The Labute approximate surface area is 126 Å². The molecular weight excluding hydrogens is 282 g/mol. The fourth-order valence-electron chi connectivity index (χ4n) is 2.40. The third-order valence-electron chi connectivity index (χ3n) is 3.47. The Morgan fingerprint density at radius 1 is 1.19 bits per heavy atom. The van der Waals surface area contributed by atoms with Gasteiger partial charge in [-0.05, 0) is 29.0 Å². The van der Waals surface area contributed by atoms with Gasteiger partial charge in [0.05, 0.1) is 12.1 Å². The van der Waals surface area contributed by atoms with Gasteiger partial charge in [0.15, 0.2) is 0 Å². The molecule has 0 saturated carbocycles. The van der Waals surface area contributed by atoms with Crippen LogP contribution < -0.4 is 10.9 Å². The second-order valence-electron chi connectivity index (χ2n) is 4.87. The monoisotopic (exact) mass is 299 g/mol. The van der Waals surface area contributed by atoms with Gasteiger partial charge in [0.1, 0.15) is 10.5 Å². The Morgan fingerprint density at radius 2 is 2.00 bits per heavy atom. The average Bonchev–Trinajstić information content (AvgIpc) is 2.97. The lowest BCUT2D eigenvalue weighted by Crippen LogP contribution is -2.19. The Bertz CT molecular complexity index is 806. The number of nitrogens with zero attached hydrogens (tertiary/aromatic N) is 1. The molecule has 21 heavy (non-hydrogen) atoms. The second kappa shape index (κ2) is 6.20. The topological polar surface area (TPSA) is 57.8 Å². The van der Waals surface area contributed by atoms with Gasteiger partial charge in [-0.15, -0.1) is 11.3 Å². The molecule has 108 valence electrons. The van der Waals surface area contributed by atoms with Gasteiger partial charge in [-0.2, -0.15) is 0 Å². The molecule has 0 spiro atoms. The first kappa shape index (κ1) is 14.0. The first-order chi connectivity index (χ1) is 10.3. The Morgan fingerprint density at radius 3 is 2.81 bits per heavy atom. The predicted octanol–water partition coefficient (Wildman–Crippen LogP) is 2.84. The molecule has 0 atom stereocenters. The van der Waals surface area contributed by atoms with Gasteiger partial charge in [0, 0.05) is 6.54 Å². The first-order valence-corrected chi connectivity index (χ1v) is 7.90. The molecule has 0 saturated heterocycles. The molecule has 0 aliphatic heterocycles. The molecule has 2 aromatic heterocycles. The van der Waals surface area contributed by atoms with Crippen LogP contribution in [0.3, 0.4) is 0 Å². The molecule has 4 nitrogen and oxygen atoms in total. The third-order valence-corrected chi connectivity index (χ3v) is 4.37. The number of benzene rings is 1. The summed E-state index contributed by atoms with van der Waals surface area (Å²) in [5.74, 6) is 0.680. The molecule has 0 aliphatic carbocycles. The minimum absolute atomic E-state index is 0.0549. The molecular formula is C16H17N3OS. The summed E-state index contributed by atoms with van der Waals surface area (Å²) in [6, 6.07) is 10.3. The maximum absolute atomic E-state index is 11.9. The molecule has 1 aromatic carbocycles. The molecule has 0 bridgehead atoms. The summed E-state index contributed by atoms with van der Waals surface area (Å²) in [4.78, 5) is 19.2. The van der Waals surface area contributed by atoms with Gasteiger partial charge < -0.3 is 10.3 Å². The highest BCUT2D eigenvalue weighted by atomic mass is 32.1. The van der Waals surface area contributed by atoms with Crippen LogP contribution in [0.25, 0.3) is 10.2 Å². The molecule has 0 aliphatic rings. The third kappa shape index (κ3) is 3.04. The van der Waals surface area contributed by atoms with E-state index in [0.29, 0.717) is 17.1 Å². The molecule has 0 radical (unpaired) electrons. The highest BCUT2D eigenvalue weighted by molar-refractivity contribution is 7.17. The summed E-state index contributed by atoms with van der Waals surface area (Å²) < 4.78 is 0.690. The van der Waals surface area contributed by atoms with Gasteiger partial charge in [0.2, 0.25) is 0 Å². The number of H-pyrrole nitrogens is 1. The lowest BCUT2D eigenvalue weighted by Gasteiger charge is -2.08. The van der Waals surface area contributed by atoms with Gasteiger partial charge in [-0.25, -0.2) is 4.98 Å². The summed E-state index contributed by atoms with van der Waals surface area (Å²) in [6.07, 6.45) is 1.02. The number of aromatic nitrogens is 2. The maximum atomic E-state index is 11.9. The molecule has 0 amide bonds. The van der Waals surface area contributed by atoms with Gasteiger partial charge in [-0.3, -0.25) is 4.79 Å². The highest BCUT2D eigenvalue weighted by Crippen LogP contribution is 2.13. The van der Waals surface area contributed by atoms with Crippen molar-refractivity contribution in [2.24, 2.45) is 0 Å². The lowest BCUT2D eigenvalue weighted by atomic mass is 10.1. The number of aryl methyl sites for hydroxylation is 1. The van der Waals surface area contributed by atoms with Crippen LogP contribution in [-0.4, -0.2) is 9.97 Å². The van der Waals surface area contributed by atoms with E-state index < -0.39 is 0 Å². The van der Waals surface area contributed by atoms with E-state index in [2.05, 4.69) is 40.4 Å². The number of nitrogens with one attached hydrogen (secondary N) is 2. The van der Waals surface area contributed by atoms with Crippen LogP contribution in [0.15, 0.2) is 40.5 Å². The molecule has 3 rings (SSSR count). The van der Waals surface area contributed by atoms with Crippen molar-refractivity contribution < 1.29 is 0 Å². The van der Waals surface area contributed by atoms with E-state index in [-0.39, 0.29) is 5.56 Å². The van der Waals surface area contributed by atoms with Crippen molar-refractivity contribution >= 4 is 21.6 Å². The fourth-order valence-corrected chi connectivity index (χ4v) is 3.12. The zero-order valence-electron chi connectivity index (χ0n) is 11.8. The van der Waals surface area contributed by atoms with E-state index in [1.165, 1.54) is 22.5 Å². The summed E-state index contributed by atoms with van der Waals surface area (Å²) >= 11 is 1.42. The van der Waals surface area contributed by atoms with Crippen molar-refractivity contribution in [1.82, 2.24) is 15.3 Å². The largest absolute Gasteiger partial charge is 0.308 e. The van der Waals surface area contributed by atoms with Crippen molar-refractivity contribution in [2.45, 2.75) is 26.4 Å². The molecule has 0 unspecified atom stereocenters. The van der Waals surface area contributed by atoms with Crippen molar-refractivity contribution in [3.05, 3.63) is 63.0 Å². The summed E-state index contributed by atoms with van der Waals surface area (Å²) in [5, 5.41) is 5.24. The molecule has 0 fully saturated rings. The molecule has 2 heterocycles. The summed E-state index contributed by atoms with van der Waals surface area (Å²) in [7, 11) is 0. The lowest BCUT2D eigenvalue weighted by molar-refractivity contribution is 0.659. The van der Waals surface area contributed by atoms with E-state index in [0.717, 1.165) is 18.5 Å². The number of aromatic amines is 1. The second-order valence-corrected chi connectivity index (χ2v) is 5.79. The zero-order valence-corrected chi connectivity index (χ0v) is 12.7. The van der Waals surface area contributed by atoms with Crippen LogP contribution in [0, 0.1) is 0 Å². The number of fused-ring (bicyclic) bond motifs is 1. The van der Waals surface area contributed by atoms with Crippen molar-refractivity contribution in [1.29, 1.82) is 0 Å². The van der Waals surface area contributed by atoms with Crippen LogP contribution >= 0.6 is 11.3 Å². The minimum Gasteiger partial charge on any atom is -0.308 e. The first-order valence-electron chi connectivity index (χ1n) is 7.02. The van der Waals surface area contributed by atoms with Crippen LogP contribution in [0.4, 0.5) is 0 Å². The van der Waals surface area contributed by atoms with Crippen LogP contribution in [0.2, 0.25) is 0 Å². The Balaban J connectivity index is 1.70. The summed E-state index contributed by atoms with van der Waals surface area (Å²) in [6.45, 7) is 3.48. The van der Waals surface area contributed by atoms with Crippen LogP contribution in [0.1, 0.15) is 23.9 Å². The number of thiophene rings is 1. The Hall–Kier alpha value is -1.98. The minimum atomic E-state index is -0.0549. The molecule has 3 aromatic rings. The van der Waals surface area contributed by atoms with E-state index >= 15 is 0 Å². The van der Waals surface area contributed by atoms with E-state index in [4.69, 9.17) is 0 Å². The fraction of sp³-hybridized carbons (Fsp3) is 0.250. The maximum Gasteiger partial charge on any atom is 0.268 e. The number of hydrogen-bond acceptors (Lipinski definition) is 4. The smallest absolute Gasteiger partial charge is 0.268 e. The molecule has 5 heteroatoms.